The van der Waals surface area contributed by atoms with Crippen molar-refractivity contribution in [1.29, 1.82) is 0 Å². The minimum Gasteiger partial charge on any atom is -0.454 e. The summed E-state index contributed by atoms with van der Waals surface area (Å²) >= 11 is 7.22. The van der Waals surface area contributed by atoms with Crippen molar-refractivity contribution >= 4 is 39.1 Å². The van der Waals surface area contributed by atoms with E-state index < -0.39 is 11.7 Å². The quantitative estimate of drug-likeness (QED) is 0.664. The number of nitrogens with zero attached hydrogens (tertiary/aromatic N) is 2. The van der Waals surface area contributed by atoms with Crippen molar-refractivity contribution in [2.24, 2.45) is 12.0 Å². The van der Waals surface area contributed by atoms with Gasteiger partial charge in [0.15, 0.2) is 16.3 Å². The van der Waals surface area contributed by atoms with Crippen molar-refractivity contribution in [2.75, 3.05) is 6.79 Å². The van der Waals surface area contributed by atoms with Crippen molar-refractivity contribution in [1.82, 2.24) is 4.57 Å². The van der Waals surface area contributed by atoms with Crippen LogP contribution in [0.25, 0.3) is 10.2 Å². The summed E-state index contributed by atoms with van der Waals surface area (Å²) in [6.45, 7) is 0.192. The number of aryl methyl sites for hydroxylation is 1. The Kier molecular flexibility index (Phi) is 3.54. The van der Waals surface area contributed by atoms with E-state index in [-0.39, 0.29) is 17.4 Å². The van der Waals surface area contributed by atoms with Gasteiger partial charge in [-0.25, -0.2) is 4.39 Å². The summed E-state index contributed by atoms with van der Waals surface area (Å²) in [4.78, 5) is 16.8. The van der Waals surface area contributed by atoms with E-state index in [0.29, 0.717) is 16.3 Å². The molecule has 122 valence electrons. The second-order valence-electron chi connectivity index (χ2n) is 5.13. The molecule has 0 spiro atoms. The fourth-order valence-electron chi connectivity index (χ4n) is 2.47. The molecule has 0 bridgehead atoms. The SMILES string of the molecule is Cn1c(=NC(=O)c2c(F)cccc2Cl)sc2cc3c(cc21)OCO3. The Bertz CT molecular complexity index is 1040. The number of benzene rings is 2. The summed E-state index contributed by atoms with van der Waals surface area (Å²) in [5.74, 6) is -0.119. The molecule has 1 amide bonds. The van der Waals surface area contributed by atoms with Crippen LogP contribution in [0, 0.1) is 5.82 Å². The molecule has 0 saturated heterocycles. The maximum atomic E-state index is 13.9. The molecule has 0 unspecified atom stereocenters. The van der Waals surface area contributed by atoms with Gasteiger partial charge in [0.25, 0.3) is 5.91 Å². The number of thiazole rings is 1. The predicted molar refractivity (Wildman–Crippen MR) is 88.2 cm³/mol. The van der Waals surface area contributed by atoms with Gasteiger partial charge in [0.2, 0.25) is 6.79 Å². The first-order valence-electron chi connectivity index (χ1n) is 6.97. The lowest BCUT2D eigenvalue weighted by molar-refractivity contribution is 0.0994. The van der Waals surface area contributed by atoms with E-state index in [0.717, 1.165) is 10.2 Å². The van der Waals surface area contributed by atoms with Crippen LogP contribution in [-0.4, -0.2) is 17.3 Å². The molecule has 2 heterocycles. The largest absolute Gasteiger partial charge is 0.454 e. The zero-order valence-electron chi connectivity index (χ0n) is 12.4. The van der Waals surface area contributed by atoms with Crippen LogP contribution >= 0.6 is 22.9 Å². The lowest BCUT2D eigenvalue weighted by Gasteiger charge is -2.00. The Morgan fingerprint density at radius 3 is 2.83 bits per heavy atom. The average molecular weight is 365 g/mol. The summed E-state index contributed by atoms with van der Waals surface area (Å²) in [5, 5.41) is 0.0355. The Balaban J connectivity index is 1.86. The standard InChI is InChI=1S/C16H10ClFN2O3S/c1-20-10-5-11-12(23-7-22-11)6-13(10)24-16(20)19-15(21)14-8(17)3-2-4-9(14)18/h2-6H,7H2,1H3. The second-order valence-corrected chi connectivity index (χ2v) is 6.55. The first kappa shape index (κ1) is 15.2. The number of halogens is 2. The van der Waals surface area contributed by atoms with Gasteiger partial charge in [-0.15, -0.1) is 0 Å². The third-order valence-electron chi connectivity index (χ3n) is 3.68. The number of amides is 1. The number of aromatic nitrogens is 1. The summed E-state index contributed by atoms with van der Waals surface area (Å²) in [6, 6.07) is 7.74. The van der Waals surface area contributed by atoms with Crippen molar-refractivity contribution in [3.05, 3.63) is 51.5 Å². The molecule has 0 N–H and O–H groups in total. The number of fused-ring (bicyclic) bond motifs is 2. The molecule has 2 aromatic carbocycles. The monoisotopic (exact) mass is 364 g/mol. The third-order valence-corrected chi connectivity index (χ3v) is 5.09. The van der Waals surface area contributed by atoms with Crippen LogP contribution in [0.5, 0.6) is 11.5 Å². The average Bonchev–Trinajstić information content (AvgIpc) is 3.10. The molecule has 3 aromatic rings. The van der Waals surface area contributed by atoms with E-state index in [1.54, 1.807) is 11.6 Å². The third kappa shape index (κ3) is 2.37. The predicted octanol–water partition coefficient (Wildman–Crippen LogP) is 3.50. The number of hydrogen-bond acceptors (Lipinski definition) is 4. The molecule has 1 aliphatic heterocycles. The lowest BCUT2D eigenvalue weighted by Crippen LogP contribution is -2.14. The molecule has 0 atom stereocenters. The van der Waals surface area contributed by atoms with Crippen LogP contribution < -0.4 is 14.3 Å². The highest BCUT2D eigenvalue weighted by atomic mass is 35.5. The summed E-state index contributed by atoms with van der Waals surface area (Å²) in [7, 11) is 1.77. The zero-order chi connectivity index (χ0) is 16.8. The molecule has 1 aliphatic rings. The van der Waals surface area contributed by atoms with E-state index in [1.165, 1.54) is 29.5 Å². The van der Waals surface area contributed by atoms with E-state index in [4.69, 9.17) is 21.1 Å². The maximum absolute atomic E-state index is 13.9. The Morgan fingerprint density at radius 1 is 1.33 bits per heavy atom. The molecule has 0 saturated carbocycles. The van der Waals surface area contributed by atoms with Crippen molar-refractivity contribution < 1.29 is 18.7 Å². The molecule has 4 rings (SSSR count). The van der Waals surface area contributed by atoms with Gasteiger partial charge in [0.1, 0.15) is 5.82 Å². The fourth-order valence-corrected chi connectivity index (χ4v) is 3.74. The highest BCUT2D eigenvalue weighted by molar-refractivity contribution is 7.16. The lowest BCUT2D eigenvalue weighted by atomic mass is 10.2. The first-order valence-corrected chi connectivity index (χ1v) is 8.16. The second kappa shape index (κ2) is 5.61. The first-order chi connectivity index (χ1) is 11.5. The van der Waals surface area contributed by atoms with Gasteiger partial charge in [0.05, 0.1) is 20.8 Å². The number of hydrogen-bond donors (Lipinski definition) is 0. The minimum atomic E-state index is -0.722. The topological polar surface area (TPSA) is 52.8 Å². The number of carbonyl (C=O) groups excluding carboxylic acids is 1. The smallest absolute Gasteiger partial charge is 0.284 e. The Labute approximate surface area is 144 Å². The van der Waals surface area contributed by atoms with Crippen LogP contribution in [0.1, 0.15) is 10.4 Å². The molecular formula is C16H10ClFN2O3S. The normalized spacial score (nSPS) is 13.7. The highest BCUT2D eigenvalue weighted by Gasteiger charge is 2.18. The molecule has 5 nitrogen and oxygen atoms in total. The molecule has 0 aliphatic carbocycles. The zero-order valence-corrected chi connectivity index (χ0v) is 13.9. The Hall–Kier alpha value is -2.38. The van der Waals surface area contributed by atoms with Crippen molar-refractivity contribution in [2.45, 2.75) is 0 Å². The van der Waals surface area contributed by atoms with Gasteiger partial charge in [-0.2, -0.15) is 4.99 Å². The van der Waals surface area contributed by atoms with Crippen LogP contribution in [0.4, 0.5) is 4.39 Å². The van der Waals surface area contributed by atoms with E-state index in [9.17, 15) is 9.18 Å². The minimum absolute atomic E-state index is 0.0355. The van der Waals surface area contributed by atoms with Gasteiger partial charge in [0, 0.05) is 19.2 Å². The number of ether oxygens (including phenoxy) is 2. The number of carbonyl (C=O) groups is 1. The van der Waals surface area contributed by atoms with Crippen LogP contribution in [0.3, 0.4) is 0 Å². The molecule has 8 heteroatoms. The van der Waals surface area contributed by atoms with Gasteiger partial charge in [-0.3, -0.25) is 4.79 Å². The van der Waals surface area contributed by atoms with Crippen LogP contribution in [0.2, 0.25) is 5.02 Å². The summed E-state index contributed by atoms with van der Waals surface area (Å²) in [5.41, 5.74) is 0.612. The van der Waals surface area contributed by atoms with Gasteiger partial charge in [-0.05, 0) is 12.1 Å². The fraction of sp³-hybridized carbons (Fsp3) is 0.125. The van der Waals surface area contributed by atoms with E-state index in [2.05, 4.69) is 4.99 Å². The Morgan fingerprint density at radius 2 is 2.08 bits per heavy atom. The maximum Gasteiger partial charge on any atom is 0.284 e. The van der Waals surface area contributed by atoms with Crippen LogP contribution in [0.15, 0.2) is 35.3 Å². The summed E-state index contributed by atoms with van der Waals surface area (Å²) < 4.78 is 27.2. The highest BCUT2D eigenvalue weighted by Crippen LogP contribution is 2.36. The molecule has 1 aromatic heterocycles. The van der Waals surface area contributed by atoms with Gasteiger partial charge < -0.3 is 14.0 Å². The molecule has 0 fully saturated rings. The number of rotatable bonds is 1. The van der Waals surface area contributed by atoms with Gasteiger partial charge >= 0.3 is 0 Å². The molecular weight excluding hydrogens is 355 g/mol. The van der Waals surface area contributed by atoms with E-state index >= 15 is 0 Å². The van der Waals surface area contributed by atoms with E-state index in [1.807, 2.05) is 12.1 Å². The van der Waals surface area contributed by atoms with Crippen molar-refractivity contribution in [3.63, 3.8) is 0 Å². The van der Waals surface area contributed by atoms with Gasteiger partial charge in [-0.1, -0.05) is 29.0 Å². The molecule has 24 heavy (non-hydrogen) atoms. The van der Waals surface area contributed by atoms with Crippen molar-refractivity contribution in [3.8, 4) is 11.5 Å². The molecule has 0 radical (unpaired) electrons. The summed E-state index contributed by atoms with van der Waals surface area (Å²) in [6.07, 6.45) is 0. The van der Waals surface area contributed by atoms with Crippen LogP contribution in [-0.2, 0) is 7.05 Å².